The first-order chi connectivity index (χ1) is 10.7. The Balaban J connectivity index is 3.70. The molecule has 1 rings (SSSR count). The fourth-order valence-corrected chi connectivity index (χ4v) is 2.09. The molecule has 1 aromatic carbocycles. The van der Waals surface area contributed by atoms with E-state index in [4.69, 9.17) is 25.4 Å². The summed E-state index contributed by atoms with van der Waals surface area (Å²) >= 11 is 0. The predicted molar refractivity (Wildman–Crippen MR) is 84.9 cm³/mol. The summed E-state index contributed by atoms with van der Waals surface area (Å²) in [5.74, 6) is -0.413. The molecule has 23 heavy (non-hydrogen) atoms. The lowest BCUT2D eigenvalue weighted by Gasteiger charge is -2.30. The van der Waals surface area contributed by atoms with Crippen LogP contribution in [0.3, 0.4) is 0 Å². The molecule has 0 aliphatic carbocycles. The maximum Gasteiger partial charge on any atom is 0.429 e. The number of nitrogens with two attached hydrogens (primary N) is 1. The van der Waals surface area contributed by atoms with Gasteiger partial charge >= 0.3 is 18.0 Å². The lowest BCUT2D eigenvalue weighted by atomic mass is 10.2. The third-order valence-electron chi connectivity index (χ3n) is 3.26. The normalized spacial score (nSPS) is 12.7. The maximum atomic E-state index is 12.3. The summed E-state index contributed by atoms with van der Waals surface area (Å²) in [7, 11) is 5.61. The number of urea groups is 1. The zero-order valence-electron chi connectivity index (χ0n) is 13.7. The monoisotopic (exact) mass is 325 g/mol. The molecule has 0 spiro atoms. The number of ether oxygens (including phenoxy) is 3. The topological polar surface area (TPSA) is 124 Å². The van der Waals surface area contributed by atoms with Crippen molar-refractivity contribution in [2.24, 2.45) is 5.73 Å². The van der Waals surface area contributed by atoms with Crippen LogP contribution in [0.4, 0.5) is 10.5 Å². The first-order valence-electron chi connectivity index (χ1n) is 6.60. The molecule has 4 N–H and O–H groups in total. The summed E-state index contributed by atoms with van der Waals surface area (Å²) < 4.78 is 14.9. The van der Waals surface area contributed by atoms with Crippen LogP contribution in [0.2, 0.25) is 0 Å². The number of quaternary nitrogens is 1. The van der Waals surface area contributed by atoms with Gasteiger partial charge in [0.15, 0.2) is 11.5 Å². The van der Waals surface area contributed by atoms with Crippen LogP contribution < -0.4 is 29.7 Å². The van der Waals surface area contributed by atoms with Gasteiger partial charge in [0.2, 0.25) is 5.69 Å². The number of guanidine groups is 1. The molecule has 0 aliphatic heterocycles. The highest BCUT2D eigenvalue weighted by Crippen LogP contribution is 2.44. The Morgan fingerprint density at radius 1 is 1.22 bits per heavy atom. The van der Waals surface area contributed by atoms with Crippen LogP contribution in [-0.4, -0.2) is 46.3 Å². The van der Waals surface area contributed by atoms with Crippen molar-refractivity contribution in [2.75, 3.05) is 28.3 Å². The minimum atomic E-state index is -0.719. The second-order valence-electron chi connectivity index (χ2n) is 4.72. The number of hydrogen-bond donors (Lipinski definition) is 3. The molecule has 1 aromatic rings. The van der Waals surface area contributed by atoms with Crippen molar-refractivity contribution in [2.45, 2.75) is 6.92 Å². The van der Waals surface area contributed by atoms with Crippen molar-refractivity contribution in [3.63, 3.8) is 0 Å². The largest absolute Gasteiger partial charge is 0.491 e. The average molecular weight is 325 g/mol. The number of esters is 1. The predicted octanol–water partition coefficient (Wildman–Crippen LogP) is 0.799. The number of nitrogens with zero attached hydrogens (tertiary/aromatic N) is 1. The Kier molecular flexibility index (Phi) is 5.52. The molecule has 0 radical (unpaired) electrons. The van der Waals surface area contributed by atoms with Gasteiger partial charge in [-0.05, 0) is 0 Å². The first-order valence-corrected chi connectivity index (χ1v) is 6.60. The highest BCUT2D eigenvalue weighted by atomic mass is 16.5. The van der Waals surface area contributed by atoms with Gasteiger partial charge < -0.3 is 25.3 Å². The third-order valence-corrected chi connectivity index (χ3v) is 3.26. The van der Waals surface area contributed by atoms with Gasteiger partial charge in [-0.25, -0.2) is 10.2 Å². The molecule has 126 valence electrons. The summed E-state index contributed by atoms with van der Waals surface area (Å²) in [4.78, 5) is 23.4. The molecule has 0 saturated heterocycles. The summed E-state index contributed by atoms with van der Waals surface area (Å²) in [6, 6.07) is 2.28. The van der Waals surface area contributed by atoms with E-state index in [-0.39, 0.29) is 22.9 Å². The van der Waals surface area contributed by atoms with Crippen molar-refractivity contribution in [1.82, 2.24) is 9.80 Å². The quantitative estimate of drug-likeness (QED) is 0.247. The van der Waals surface area contributed by atoms with E-state index >= 15 is 0 Å². The maximum absolute atomic E-state index is 12.3. The van der Waals surface area contributed by atoms with Crippen molar-refractivity contribution >= 4 is 23.6 Å². The fraction of sp³-hybridized carbons (Fsp3) is 0.357. The highest BCUT2D eigenvalue weighted by molar-refractivity contribution is 6.09. The lowest BCUT2D eigenvalue weighted by Crippen LogP contribution is -2.61. The van der Waals surface area contributed by atoms with E-state index in [0.29, 0.717) is 0 Å². The second-order valence-corrected chi connectivity index (χ2v) is 4.72. The second kappa shape index (κ2) is 6.97. The van der Waals surface area contributed by atoms with E-state index in [2.05, 4.69) is 5.32 Å². The van der Waals surface area contributed by atoms with Gasteiger partial charge in [0, 0.05) is 26.1 Å². The van der Waals surface area contributed by atoms with Gasteiger partial charge in [-0.15, -0.1) is 4.48 Å². The summed E-state index contributed by atoms with van der Waals surface area (Å²) in [6.07, 6.45) is 0. The van der Waals surface area contributed by atoms with Gasteiger partial charge in [0.25, 0.3) is 0 Å². The summed E-state index contributed by atoms with van der Waals surface area (Å²) in [5.41, 5.74) is 5.85. The van der Waals surface area contributed by atoms with Crippen molar-refractivity contribution in [1.29, 1.82) is 5.41 Å². The molecule has 0 heterocycles. The Hall–Kier alpha value is -2.81. The first kappa shape index (κ1) is 18.2. The summed E-state index contributed by atoms with van der Waals surface area (Å²) in [6.45, 7) is 1.26. The number of nitrogens with one attached hydrogen (secondary N) is 2. The van der Waals surface area contributed by atoms with Crippen LogP contribution in [0.5, 0.6) is 17.2 Å². The van der Waals surface area contributed by atoms with Gasteiger partial charge in [-0.3, -0.25) is 4.79 Å². The molecule has 1 unspecified atom stereocenters. The number of hydrogen-bond acceptors (Lipinski definition) is 6. The van der Waals surface area contributed by atoms with Crippen molar-refractivity contribution < 1.29 is 23.8 Å². The number of rotatable bonds is 4. The zero-order chi connectivity index (χ0) is 17.8. The fourth-order valence-electron chi connectivity index (χ4n) is 2.09. The number of benzene rings is 1. The minimum Gasteiger partial charge on any atom is -0.491 e. The number of methoxy groups -OCH3 is 2. The van der Waals surface area contributed by atoms with E-state index in [1.54, 1.807) is 0 Å². The Bertz CT molecular complexity index is 621. The molecule has 9 heteroatoms. The van der Waals surface area contributed by atoms with Gasteiger partial charge in [0.1, 0.15) is 5.75 Å². The number of carbonyl (C=O) groups is 2. The average Bonchev–Trinajstić information content (AvgIpc) is 2.51. The summed E-state index contributed by atoms with van der Waals surface area (Å²) in [5, 5.41) is 10.3. The molecule has 9 nitrogen and oxygen atoms in total. The van der Waals surface area contributed by atoms with Crippen LogP contribution in [0.25, 0.3) is 0 Å². The van der Waals surface area contributed by atoms with Gasteiger partial charge in [-0.1, -0.05) is 0 Å². The van der Waals surface area contributed by atoms with Gasteiger partial charge in [-0.2, -0.15) is 0 Å². The third kappa shape index (κ3) is 3.34. The molecule has 1 atom stereocenters. The van der Waals surface area contributed by atoms with E-state index in [1.807, 2.05) is 0 Å². The molecule has 0 aromatic heterocycles. The Morgan fingerprint density at radius 2 is 1.70 bits per heavy atom. The molecule has 0 fully saturated rings. The Labute approximate surface area is 134 Å². The molecule has 0 bridgehead atoms. The van der Waals surface area contributed by atoms with E-state index in [1.165, 1.54) is 47.4 Å². The number of amides is 2. The Morgan fingerprint density at radius 3 is 2.00 bits per heavy atom. The molecule has 0 aliphatic rings. The van der Waals surface area contributed by atoms with E-state index < -0.39 is 22.4 Å². The van der Waals surface area contributed by atoms with Crippen LogP contribution in [0, 0.1) is 5.41 Å². The minimum absolute atomic E-state index is 0.182. The van der Waals surface area contributed by atoms with Gasteiger partial charge in [0.05, 0.1) is 21.3 Å². The van der Waals surface area contributed by atoms with E-state index in [9.17, 15) is 9.59 Å². The number of carbonyl (C=O) groups excluding carboxylic acids is 2. The standard InChI is InChI=1S/C14H20N4O5/c1-8(19)23-9-6-10(21-4)12(11(7-9)22-5)18(3,13(15)16)14(20)17-2/h6-7H,1-5H3,(H3-,15,16,17,20)/p+1. The van der Waals surface area contributed by atoms with Crippen LogP contribution in [0.15, 0.2) is 12.1 Å². The molecular formula is C14H21N4O5+. The molecule has 2 amide bonds. The molecule has 0 saturated carbocycles. The van der Waals surface area contributed by atoms with Crippen LogP contribution in [0.1, 0.15) is 6.92 Å². The van der Waals surface area contributed by atoms with Crippen LogP contribution in [-0.2, 0) is 4.79 Å². The lowest BCUT2D eigenvalue weighted by molar-refractivity contribution is -0.131. The smallest absolute Gasteiger partial charge is 0.429 e. The SMILES string of the molecule is CNC(=O)[N+](C)(C(=N)N)c1c(OC)cc(OC(C)=O)cc1OC. The highest BCUT2D eigenvalue weighted by Gasteiger charge is 2.44. The van der Waals surface area contributed by atoms with E-state index in [0.717, 1.165) is 0 Å². The zero-order valence-corrected chi connectivity index (χ0v) is 13.7. The van der Waals surface area contributed by atoms with Crippen molar-refractivity contribution in [3.8, 4) is 17.2 Å². The van der Waals surface area contributed by atoms with Crippen LogP contribution >= 0.6 is 0 Å². The molecular weight excluding hydrogens is 304 g/mol. The van der Waals surface area contributed by atoms with Crippen molar-refractivity contribution in [3.05, 3.63) is 12.1 Å².